The van der Waals surface area contributed by atoms with Gasteiger partial charge in [-0.2, -0.15) is 0 Å². The van der Waals surface area contributed by atoms with E-state index in [1.165, 1.54) is 4.57 Å². The van der Waals surface area contributed by atoms with Crippen LogP contribution in [0.15, 0.2) is 18.7 Å². The van der Waals surface area contributed by atoms with Crippen LogP contribution < -0.4 is 0 Å². The Morgan fingerprint density at radius 1 is 1.38 bits per heavy atom. The smallest absolute Gasteiger partial charge is 0.231 e. The summed E-state index contributed by atoms with van der Waals surface area (Å²) >= 11 is 3.36. The Balaban J connectivity index is 2.19. The van der Waals surface area contributed by atoms with Crippen LogP contribution in [0.5, 0.6) is 0 Å². The van der Waals surface area contributed by atoms with Crippen molar-refractivity contribution >= 4 is 21.8 Å². The van der Waals surface area contributed by atoms with E-state index in [1.807, 2.05) is 0 Å². The molecule has 0 atom stereocenters. The van der Waals surface area contributed by atoms with Crippen LogP contribution in [-0.4, -0.2) is 20.8 Å². The Labute approximate surface area is 86.3 Å². The molecular formula is C9H13BrN2O. The van der Waals surface area contributed by atoms with Crippen molar-refractivity contribution in [1.29, 1.82) is 0 Å². The molecule has 0 spiro atoms. The summed E-state index contributed by atoms with van der Waals surface area (Å²) in [4.78, 5) is 15.2. The number of imidazole rings is 1. The van der Waals surface area contributed by atoms with Gasteiger partial charge < -0.3 is 0 Å². The van der Waals surface area contributed by atoms with Crippen molar-refractivity contribution in [3.05, 3.63) is 18.7 Å². The number of nitrogens with zero attached hydrogens (tertiary/aromatic N) is 2. The van der Waals surface area contributed by atoms with Crippen LogP contribution in [0.2, 0.25) is 0 Å². The number of hydrogen-bond acceptors (Lipinski definition) is 2. The average molecular weight is 245 g/mol. The molecule has 0 aliphatic rings. The van der Waals surface area contributed by atoms with Crippen LogP contribution in [0.1, 0.15) is 30.5 Å². The molecule has 0 fully saturated rings. The number of carbonyl (C=O) groups excluding carboxylic acids is 1. The van der Waals surface area contributed by atoms with Gasteiger partial charge in [0.05, 0.1) is 0 Å². The standard InChI is InChI=1S/C9H13BrN2O/c10-5-3-1-2-4-9(13)12-7-6-11-8-12/h6-8H,1-5H2. The van der Waals surface area contributed by atoms with E-state index in [0.717, 1.165) is 24.6 Å². The van der Waals surface area contributed by atoms with Gasteiger partial charge in [-0.05, 0) is 12.8 Å². The summed E-state index contributed by atoms with van der Waals surface area (Å²) < 4.78 is 1.54. The lowest BCUT2D eigenvalue weighted by atomic mass is 10.2. The van der Waals surface area contributed by atoms with Crippen molar-refractivity contribution < 1.29 is 4.79 Å². The lowest BCUT2D eigenvalue weighted by Gasteiger charge is -1.99. The highest BCUT2D eigenvalue weighted by molar-refractivity contribution is 9.09. The van der Waals surface area contributed by atoms with E-state index >= 15 is 0 Å². The number of aromatic nitrogens is 2. The number of alkyl halides is 1. The van der Waals surface area contributed by atoms with Crippen molar-refractivity contribution in [1.82, 2.24) is 9.55 Å². The highest BCUT2D eigenvalue weighted by Gasteiger charge is 2.02. The lowest BCUT2D eigenvalue weighted by Crippen LogP contribution is -2.07. The number of hydrogen-bond donors (Lipinski definition) is 0. The number of rotatable bonds is 5. The van der Waals surface area contributed by atoms with Gasteiger partial charge >= 0.3 is 0 Å². The largest absolute Gasteiger partial charge is 0.276 e. The first kappa shape index (κ1) is 10.4. The second-order valence-corrected chi connectivity index (χ2v) is 3.66. The normalized spacial score (nSPS) is 10.2. The first-order valence-corrected chi connectivity index (χ1v) is 5.54. The summed E-state index contributed by atoms with van der Waals surface area (Å²) in [5, 5.41) is 1.02. The Kier molecular flexibility index (Phi) is 4.75. The number of unbranched alkanes of at least 4 members (excludes halogenated alkanes) is 2. The molecule has 0 aliphatic heterocycles. The Morgan fingerprint density at radius 3 is 2.85 bits per heavy atom. The van der Waals surface area contributed by atoms with E-state index in [0.29, 0.717) is 6.42 Å². The third-order valence-electron chi connectivity index (χ3n) is 1.82. The van der Waals surface area contributed by atoms with E-state index in [-0.39, 0.29) is 5.91 Å². The molecule has 0 N–H and O–H groups in total. The fourth-order valence-corrected chi connectivity index (χ4v) is 1.48. The van der Waals surface area contributed by atoms with Gasteiger partial charge in [-0.3, -0.25) is 9.36 Å². The fraction of sp³-hybridized carbons (Fsp3) is 0.556. The van der Waals surface area contributed by atoms with Gasteiger partial charge in [-0.1, -0.05) is 22.4 Å². The predicted octanol–water partition coefficient (Wildman–Crippen LogP) is 2.48. The Hall–Kier alpha value is -0.640. The van der Waals surface area contributed by atoms with Gasteiger partial charge in [0.1, 0.15) is 6.33 Å². The van der Waals surface area contributed by atoms with Crippen LogP contribution >= 0.6 is 15.9 Å². The third kappa shape index (κ3) is 3.72. The lowest BCUT2D eigenvalue weighted by molar-refractivity contribution is 0.0899. The van der Waals surface area contributed by atoms with Gasteiger partial charge in [0.15, 0.2) is 0 Å². The fourth-order valence-electron chi connectivity index (χ4n) is 1.08. The second kappa shape index (κ2) is 5.91. The maximum atomic E-state index is 11.4. The first-order chi connectivity index (χ1) is 6.34. The maximum absolute atomic E-state index is 11.4. The molecule has 0 unspecified atom stereocenters. The van der Waals surface area contributed by atoms with Crippen molar-refractivity contribution in [3.63, 3.8) is 0 Å². The van der Waals surface area contributed by atoms with Crippen LogP contribution in [-0.2, 0) is 0 Å². The highest BCUT2D eigenvalue weighted by atomic mass is 79.9. The van der Waals surface area contributed by atoms with Crippen LogP contribution in [0.3, 0.4) is 0 Å². The van der Waals surface area contributed by atoms with E-state index in [4.69, 9.17) is 0 Å². The zero-order chi connectivity index (χ0) is 9.52. The monoisotopic (exact) mass is 244 g/mol. The van der Waals surface area contributed by atoms with Crippen molar-refractivity contribution in [2.75, 3.05) is 5.33 Å². The molecule has 13 heavy (non-hydrogen) atoms. The Bertz CT molecular complexity index is 246. The summed E-state index contributed by atoms with van der Waals surface area (Å²) in [6.07, 6.45) is 8.67. The van der Waals surface area contributed by atoms with Crippen LogP contribution in [0.25, 0.3) is 0 Å². The third-order valence-corrected chi connectivity index (χ3v) is 2.38. The van der Waals surface area contributed by atoms with Crippen molar-refractivity contribution in [3.8, 4) is 0 Å². The SMILES string of the molecule is O=C(CCCCCBr)n1ccnc1. The maximum Gasteiger partial charge on any atom is 0.231 e. The minimum atomic E-state index is 0.132. The van der Waals surface area contributed by atoms with Crippen molar-refractivity contribution in [2.24, 2.45) is 0 Å². The summed E-state index contributed by atoms with van der Waals surface area (Å²) in [5.74, 6) is 0.132. The molecule has 1 rings (SSSR count). The second-order valence-electron chi connectivity index (χ2n) is 2.86. The van der Waals surface area contributed by atoms with Crippen LogP contribution in [0.4, 0.5) is 0 Å². The van der Waals surface area contributed by atoms with Crippen molar-refractivity contribution in [2.45, 2.75) is 25.7 Å². The highest BCUT2D eigenvalue weighted by Crippen LogP contribution is 2.03. The first-order valence-electron chi connectivity index (χ1n) is 4.41. The summed E-state index contributed by atoms with van der Waals surface area (Å²) in [6.45, 7) is 0. The van der Waals surface area contributed by atoms with E-state index in [2.05, 4.69) is 20.9 Å². The van der Waals surface area contributed by atoms with Gasteiger partial charge in [-0.25, -0.2) is 4.98 Å². The average Bonchev–Trinajstić information content (AvgIpc) is 2.65. The molecule has 4 heteroatoms. The van der Waals surface area contributed by atoms with E-state index < -0.39 is 0 Å². The van der Waals surface area contributed by atoms with Gasteiger partial charge in [0.2, 0.25) is 5.91 Å². The quantitative estimate of drug-likeness (QED) is 0.590. The molecule has 1 aromatic rings. The molecule has 0 saturated carbocycles. The topological polar surface area (TPSA) is 34.9 Å². The summed E-state index contributed by atoms with van der Waals surface area (Å²) in [6, 6.07) is 0. The summed E-state index contributed by atoms with van der Waals surface area (Å²) in [7, 11) is 0. The van der Waals surface area contributed by atoms with E-state index in [9.17, 15) is 4.79 Å². The molecule has 3 nitrogen and oxygen atoms in total. The van der Waals surface area contributed by atoms with E-state index in [1.54, 1.807) is 18.7 Å². The Morgan fingerprint density at radius 2 is 2.23 bits per heavy atom. The molecule has 0 aliphatic carbocycles. The summed E-state index contributed by atoms with van der Waals surface area (Å²) in [5.41, 5.74) is 0. The zero-order valence-electron chi connectivity index (χ0n) is 7.45. The molecule has 1 heterocycles. The molecule has 72 valence electrons. The molecule has 0 bridgehead atoms. The molecule has 1 aromatic heterocycles. The molecule has 0 saturated heterocycles. The number of halogens is 1. The van der Waals surface area contributed by atoms with Crippen LogP contribution in [0, 0.1) is 0 Å². The van der Waals surface area contributed by atoms with Gasteiger partial charge in [-0.15, -0.1) is 0 Å². The van der Waals surface area contributed by atoms with Gasteiger partial charge in [0.25, 0.3) is 0 Å². The molecular weight excluding hydrogens is 232 g/mol. The predicted molar refractivity (Wildman–Crippen MR) is 55.1 cm³/mol. The minimum Gasteiger partial charge on any atom is -0.276 e. The number of carbonyl (C=O) groups is 1. The minimum absolute atomic E-state index is 0.132. The van der Waals surface area contributed by atoms with Gasteiger partial charge in [0, 0.05) is 24.1 Å². The molecule has 0 amide bonds. The molecule has 0 aromatic carbocycles. The zero-order valence-corrected chi connectivity index (χ0v) is 9.03. The molecule has 0 radical (unpaired) electrons.